The standard InChI is InChI=1S/C21H23N5O3S/c1-13(27)30-15(11-14-7-3-2-4-8-14)18(28)26-21(9-5-6-10-21)20-24-16-17(25-20)22-12-23-19(16)29/h2-4,7-8,12,15H,5-6,9-11H2,1H3,(H,26,28)(H2,22,23,24,25,29)/t15-/m0/s1. The Hall–Kier alpha value is -2.94. The van der Waals surface area contributed by atoms with Crippen molar-refractivity contribution in [1.29, 1.82) is 0 Å². The SMILES string of the molecule is CC(=O)S[C@@H](Cc1ccccc1)C(=O)NC1(c2nc3nc[nH]c(=O)c3[nH]2)CCCC1. The first-order valence-electron chi connectivity index (χ1n) is 9.94. The number of aromatic amines is 2. The van der Waals surface area contributed by atoms with E-state index in [1.807, 2.05) is 30.3 Å². The molecule has 1 aliphatic rings. The van der Waals surface area contributed by atoms with Gasteiger partial charge in [0.05, 0.1) is 17.1 Å². The maximum atomic E-state index is 13.3. The first-order valence-corrected chi connectivity index (χ1v) is 10.8. The van der Waals surface area contributed by atoms with Crippen molar-refractivity contribution >= 4 is 33.9 Å². The van der Waals surface area contributed by atoms with Gasteiger partial charge in [-0.1, -0.05) is 54.9 Å². The molecule has 0 spiro atoms. The Bertz CT molecular complexity index is 1120. The highest BCUT2D eigenvalue weighted by atomic mass is 32.2. The quantitative estimate of drug-likeness (QED) is 0.558. The number of benzene rings is 1. The predicted octanol–water partition coefficient (Wildman–Crippen LogP) is 2.42. The molecule has 30 heavy (non-hydrogen) atoms. The van der Waals surface area contributed by atoms with Gasteiger partial charge in [-0.3, -0.25) is 14.4 Å². The van der Waals surface area contributed by atoms with Crippen LogP contribution in [0, 0.1) is 0 Å². The summed E-state index contributed by atoms with van der Waals surface area (Å²) in [7, 11) is 0. The number of nitrogens with one attached hydrogen (secondary N) is 3. The third kappa shape index (κ3) is 4.16. The van der Waals surface area contributed by atoms with Gasteiger partial charge in [-0.25, -0.2) is 9.97 Å². The summed E-state index contributed by atoms with van der Waals surface area (Å²) in [4.78, 5) is 51.4. The fraction of sp³-hybridized carbons (Fsp3) is 0.381. The van der Waals surface area contributed by atoms with Gasteiger partial charge in [0.2, 0.25) is 5.91 Å². The van der Waals surface area contributed by atoms with Gasteiger partial charge in [0, 0.05) is 6.92 Å². The Balaban J connectivity index is 1.63. The number of nitrogens with zero attached hydrogens (tertiary/aromatic N) is 2. The minimum absolute atomic E-state index is 0.106. The number of aromatic nitrogens is 4. The largest absolute Gasteiger partial charge is 0.342 e. The van der Waals surface area contributed by atoms with Gasteiger partial charge >= 0.3 is 0 Å². The van der Waals surface area contributed by atoms with E-state index >= 15 is 0 Å². The lowest BCUT2D eigenvalue weighted by atomic mass is 9.96. The number of rotatable bonds is 6. The van der Waals surface area contributed by atoms with Crippen LogP contribution in [0.2, 0.25) is 0 Å². The number of imidazole rings is 1. The summed E-state index contributed by atoms with van der Waals surface area (Å²) >= 11 is 1.04. The fourth-order valence-corrected chi connectivity index (χ4v) is 4.84. The molecule has 156 valence electrons. The van der Waals surface area contributed by atoms with Crippen molar-refractivity contribution in [2.75, 3.05) is 0 Å². The Morgan fingerprint density at radius 2 is 1.97 bits per heavy atom. The lowest BCUT2D eigenvalue weighted by Gasteiger charge is -2.30. The lowest BCUT2D eigenvalue weighted by molar-refractivity contribution is -0.123. The van der Waals surface area contributed by atoms with Crippen LogP contribution in [0.4, 0.5) is 0 Å². The predicted molar refractivity (Wildman–Crippen MR) is 115 cm³/mol. The molecule has 1 amide bonds. The Kier molecular flexibility index (Phi) is 5.72. The number of H-pyrrole nitrogens is 2. The van der Waals surface area contributed by atoms with Crippen LogP contribution in [0.15, 0.2) is 41.5 Å². The number of fused-ring (bicyclic) bond motifs is 1. The van der Waals surface area contributed by atoms with E-state index in [0.29, 0.717) is 36.3 Å². The number of hydrogen-bond acceptors (Lipinski definition) is 6. The Morgan fingerprint density at radius 1 is 1.23 bits per heavy atom. The molecule has 1 saturated carbocycles. The molecule has 4 rings (SSSR count). The van der Waals surface area contributed by atoms with Gasteiger partial charge in [0.25, 0.3) is 5.56 Å². The third-order valence-corrected chi connectivity index (χ3v) is 6.43. The van der Waals surface area contributed by atoms with Crippen molar-refractivity contribution < 1.29 is 9.59 Å². The maximum Gasteiger partial charge on any atom is 0.276 e. The number of carbonyl (C=O) groups excluding carboxylic acids is 2. The van der Waals surface area contributed by atoms with Crippen LogP contribution in [0.5, 0.6) is 0 Å². The van der Waals surface area contributed by atoms with Crippen LogP contribution < -0.4 is 10.9 Å². The fourth-order valence-electron chi connectivity index (χ4n) is 4.00. The molecule has 1 fully saturated rings. The molecule has 0 unspecified atom stereocenters. The second-order valence-corrected chi connectivity index (χ2v) is 8.96. The van der Waals surface area contributed by atoms with Crippen LogP contribution in [0.3, 0.4) is 0 Å². The van der Waals surface area contributed by atoms with E-state index in [4.69, 9.17) is 0 Å². The van der Waals surface area contributed by atoms with Gasteiger partial charge in [0.15, 0.2) is 16.3 Å². The minimum Gasteiger partial charge on any atom is -0.342 e. The van der Waals surface area contributed by atoms with E-state index in [1.165, 1.54) is 13.3 Å². The highest BCUT2D eigenvalue weighted by molar-refractivity contribution is 8.14. The molecule has 2 heterocycles. The molecule has 9 heteroatoms. The van der Waals surface area contributed by atoms with E-state index in [-0.39, 0.29) is 16.6 Å². The van der Waals surface area contributed by atoms with E-state index in [9.17, 15) is 14.4 Å². The van der Waals surface area contributed by atoms with Crippen LogP contribution in [0.1, 0.15) is 44.0 Å². The summed E-state index contributed by atoms with van der Waals surface area (Å²) in [6.45, 7) is 1.47. The zero-order chi connectivity index (χ0) is 21.1. The summed E-state index contributed by atoms with van der Waals surface area (Å²) in [6.07, 6.45) is 5.05. The highest BCUT2D eigenvalue weighted by Crippen LogP contribution is 2.38. The molecule has 1 atom stereocenters. The second kappa shape index (κ2) is 8.43. The number of amides is 1. The van der Waals surface area contributed by atoms with Crippen molar-refractivity contribution in [2.45, 2.75) is 49.8 Å². The van der Waals surface area contributed by atoms with E-state index in [1.54, 1.807) is 0 Å². The van der Waals surface area contributed by atoms with E-state index in [0.717, 1.165) is 30.2 Å². The van der Waals surface area contributed by atoms with E-state index in [2.05, 4.69) is 25.3 Å². The first kappa shape index (κ1) is 20.3. The molecule has 0 bridgehead atoms. The second-order valence-electron chi connectivity index (χ2n) is 7.58. The molecule has 1 aromatic carbocycles. The summed E-state index contributed by atoms with van der Waals surface area (Å²) in [5.41, 5.74) is 0.620. The van der Waals surface area contributed by atoms with Crippen molar-refractivity contribution in [2.24, 2.45) is 0 Å². The van der Waals surface area contributed by atoms with Gasteiger partial charge < -0.3 is 15.3 Å². The van der Waals surface area contributed by atoms with Crippen LogP contribution >= 0.6 is 11.8 Å². The molecule has 3 N–H and O–H groups in total. The third-order valence-electron chi connectivity index (χ3n) is 5.43. The summed E-state index contributed by atoms with van der Waals surface area (Å²) in [6, 6.07) is 9.65. The highest BCUT2D eigenvalue weighted by Gasteiger charge is 2.41. The Morgan fingerprint density at radius 3 is 2.63 bits per heavy atom. The van der Waals surface area contributed by atoms with Gasteiger partial charge in [-0.05, 0) is 24.8 Å². The average Bonchev–Trinajstić information content (AvgIpc) is 3.36. The van der Waals surface area contributed by atoms with Crippen LogP contribution in [0.25, 0.3) is 11.2 Å². The molecule has 3 aromatic rings. The lowest BCUT2D eigenvalue weighted by Crippen LogP contribution is -2.48. The molecule has 0 aliphatic heterocycles. The Labute approximate surface area is 177 Å². The summed E-state index contributed by atoms with van der Waals surface area (Å²) in [5, 5.41) is 2.52. The van der Waals surface area contributed by atoms with Crippen molar-refractivity contribution in [3.63, 3.8) is 0 Å². The molecular weight excluding hydrogens is 402 g/mol. The zero-order valence-corrected chi connectivity index (χ0v) is 17.4. The summed E-state index contributed by atoms with van der Waals surface area (Å²) in [5.74, 6) is 0.335. The van der Waals surface area contributed by atoms with Crippen molar-refractivity contribution in [3.05, 3.63) is 58.4 Å². The molecule has 1 aliphatic carbocycles. The molecule has 8 nitrogen and oxygen atoms in total. The molecule has 0 saturated heterocycles. The maximum absolute atomic E-state index is 13.3. The summed E-state index contributed by atoms with van der Waals surface area (Å²) < 4.78 is 0. The normalized spacial score (nSPS) is 16.4. The number of thioether (sulfide) groups is 1. The van der Waals surface area contributed by atoms with Gasteiger partial charge in [-0.2, -0.15) is 0 Å². The molecular formula is C21H23N5O3S. The first-order chi connectivity index (χ1) is 14.5. The monoisotopic (exact) mass is 425 g/mol. The minimum atomic E-state index is -0.698. The van der Waals surface area contributed by atoms with Crippen molar-refractivity contribution in [1.82, 2.24) is 25.3 Å². The number of hydrogen-bond donors (Lipinski definition) is 3. The van der Waals surface area contributed by atoms with Crippen LogP contribution in [-0.2, 0) is 21.5 Å². The average molecular weight is 426 g/mol. The zero-order valence-electron chi connectivity index (χ0n) is 16.6. The molecule has 2 aromatic heterocycles. The van der Waals surface area contributed by atoms with E-state index < -0.39 is 10.8 Å². The van der Waals surface area contributed by atoms with Gasteiger partial charge in [0.1, 0.15) is 5.82 Å². The van der Waals surface area contributed by atoms with Gasteiger partial charge in [-0.15, -0.1) is 0 Å². The topological polar surface area (TPSA) is 121 Å². The van der Waals surface area contributed by atoms with Crippen LogP contribution in [-0.4, -0.2) is 36.2 Å². The molecule has 0 radical (unpaired) electrons. The number of carbonyl (C=O) groups is 2. The smallest absolute Gasteiger partial charge is 0.276 e. The van der Waals surface area contributed by atoms with Crippen molar-refractivity contribution in [3.8, 4) is 0 Å².